The molecule has 2 aromatic carbocycles. The van der Waals surface area contributed by atoms with Crippen molar-refractivity contribution in [3.05, 3.63) is 60.2 Å². The van der Waals surface area contributed by atoms with Crippen molar-refractivity contribution in [3.8, 4) is 5.75 Å². The highest BCUT2D eigenvalue weighted by Crippen LogP contribution is 2.23. The summed E-state index contributed by atoms with van der Waals surface area (Å²) in [5, 5.41) is 0. The number of hydrogen-bond acceptors (Lipinski definition) is 4. The highest BCUT2D eigenvalue weighted by atomic mass is 32.2. The van der Waals surface area contributed by atoms with E-state index in [9.17, 15) is 13.2 Å². The zero-order valence-corrected chi connectivity index (χ0v) is 15.6. The molecule has 1 aliphatic heterocycles. The molecule has 5 nitrogen and oxygen atoms in total. The highest BCUT2D eigenvalue weighted by molar-refractivity contribution is 7.91. The van der Waals surface area contributed by atoms with Crippen molar-refractivity contribution in [2.45, 2.75) is 30.7 Å². The maximum absolute atomic E-state index is 12.6. The number of carbonyl (C=O) groups excluding carboxylic acids is 1. The van der Waals surface area contributed by atoms with Gasteiger partial charge in [0, 0.05) is 12.6 Å². The molecule has 1 aliphatic rings. The van der Waals surface area contributed by atoms with Gasteiger partial charge in [0.1, 0.15) is 5.75 Å². The Balaban J connectivity index is 1.64. The Morgan fingerprint density at radius 3 is 2.54 bits per heavy atom. The second kappa shape index (κ2) is 7.91. The van der Waals surface area contributed by atoms with Crippen LogP contribution in [0.15, 0.2) is 59.5 Å². The van der Waals surface area contributed by atoms with Crippen LogP contribution < -0.4 is 4.74 Å². The second-order valence-corrected chi connectivity index (χ2v) is 8.57. The van der Waals surface area contributed by atoms with Crippen molar-refractivity contribution in [3.63, 3.8) is 0 Å². The summed E-state index contributed by atoms with van der Waals surface area (Å²) < 4.78 is 30.9. The molecular formula is C20H23NO4S. The molecule has 6 heteroatoms. The summed E-state index contributed by atoms with van der Waals surface area (Å²) in [5.74, 6) is 0.458. The summed E-state index contributed by atoms with van der Waals surface area (Å²) in [4.78, 5) is 14.5. The number of carbonyl (C=O) groups is 1. The Labute approximate surface area is 154 Å². The summed E-state index contributed by atoms with van der Waals surface area (Å²) >= 11 is 0. The Morgan fingerprint density at radius 2 is 1.81 bits per heavy atom. The molecule has 0 aliphatic carbocycles. The fourth-order valence-electron chi connectivity index (χ4n) is 3.26. The maximum Gasteiger partial charge on any atom is 0.260 e. The minimum absolute atomic E-state index is 0.0485. The third-order valence-corrected chi connectivity index (χ3v) is 6.47. The summed E-state index contributed by atoms with van der Waals surface area (Å²) in [5.41, 5.74) is 0.963. The van der Waals surface area contributed by atoms with Crippen LogP contribution in [0.4, 0.5) is 0 Å². The lowest BCUT2D eigenvalue weighted by Crippen LogP contribution is -2.42. The van der Waals surface area contributed by atoms with Crippen LogP contribution in [0, 0.1) is 6.92 Å². The van der Waals surface area contributed by atoms with Gasteiger partial charge in [0.2, 0.25) is 0 Å². The third kappa shape index (κ3) is 4.25. The molecule has 138 valence electrons. The molecular weight excluding hydrogens is 350 g/mol. The van der Waals surface area contributed by atoms with Crippen molar-refractivity contribution in [2.24, 2.45) is 0 Å². The third-order valence-electron chi connectivity index (χ3n) is 4.66. The van der Waals surface area contributed by atoms with Gasteiger partial charge in [-0.15, -0.1) is 0 Å². The average molecular weight is 373 g/mol. The molecule has 1 saturated heterocycles. The number of amides is 1. The fraction of sp³-hybridized carbons (Fsp3) is 0.350. The number of benzene rings is 2. The first kappa shape index (κ1) is 18.5. The first-order valence-electron chi connectivity index (χ1n) is 8.73. The van der Waals surface area contributed by atoms with Gasteiger partial charge in [0.05, 0.1) is 10.6 Å². The van der Waals surface area contributed by atoms with E-state index in [0.717, 1.165) is 12.0 Å². The molecule has 26 heavy (non-hydrogen) atoms. The molecule has 1 unspecified atom stereocenters. The van der Waals surface area contributed by atoms with E-state index in [1.54, 1.807) is 35.2 Å². The van der Waals surface area contributed by atoms with E-state index >= 15 is 0 Å². The van der Waals surface area contributed by atoms with Gasteiger partial charge >= 0.3 is 0 Å². The number of ether oxygens (including phenoxy) is 1. The van der Waals surface area contributed by atoms with Gasteiger partial charge in [-0.1, -0.05) is 36.4 Å². The number of aryl methyl sites for hydroxylation is 1. The summed E-state index contributed by atoms with van der Waals surface area (Å²) in [6.07, 6.45) is 1.51. The van der Waals surface area contributed by atoms with Gasteiger partial charge in [-0.2, -0.15) is 0 Å². The topological polar surface area (TPSA) is 63.7 Å². The largest absolute Gasteiger partial charge is 0.484 e. The van der Waals surface area contributed by atoms with E-state index in [0.29, 0.717) is 23.6 Å². The van der Waals surface area contributed by atoms with Gasteiger partial charge < -0.3 is 9.64 Å². The zero-order chi connectivity index (χ0) is 18.6. The predicted molar refractivity (Wildman–Crippen MR) is 99.9 cm³/mol. The molecule has 1 atom stereocenters. The minimum atomic E-state index is -3.42. The number of likely N-dealkylation sites (tertiary alicyclic amines) is 1. The first-order valence-corrected chi connectivity index (χ1v) is 10.4. The Morgan fingerprint density at radius 1 is 1.12 bits per heavy atom. The normalized spacial score (nSPS) is 17.3. The standard InChI is InChI=1S/C20H23NO4S/c1-16-8-5-6-12-19(16)25-14-20(22)21-13-7-9-17(21)15-26(23,24)18-10-3-2-4-11-18/h2-6,8,10-12,17H,7,9,13-15H2,1H3. The second-order valence-electron chi connectivity index (χ2n) is 6.53. The van der Waals surface area contributed by atoms with Crippen LogP contribution in [0.5, 0.6) is 5.75 Å². The van der Waals surface area contributed by atoms with E-state index in [-0.39, 0.29) is 24.3 Å². The molecule has 0 radical (unpaired) electrons. The van der Waals surface area contributed by atoms with Gasteiger partial charge in [-0.3, -0.25) is 4.79 Å². The van der Waals surface area contributed by atoms with Crippen molar-refractivity contribution in [1.29, 1.82) is 0 Å². The van der Waals surface area contributed by atoms with Crippen molar-refractivity contribution < 1.29 is 17.9 Å². The van der Waals surface area contributed by atoms with E-state index in [2.05, 4.69) is 0 Å². The molecule has 0 spiro atoms. The van der Waals surface area contributed by atoms with E-state index in [4.69, 9.17) is 4.74 Å². The number of hydrogen-bond donors (Lipinski definition) is 0. The van der Waals surface area contributed by atoms with Crippen LogP contribution in [-0.2, 0) is 14.6 Å². The lowest BCUT2D eigenvalue weighted by Gasteiger charge is -2.25. The summed E-state index contributed by atoms with van der Waals surface area (Å²) in [6, 6.07) is 15.6. The van der Waals surface area contributed by atoms with E-state index < -0.39 is 9.84 Å². The Kier molecular flexibility index (Phi) is 5.61. The Hall–Kier alpha value is -2.34. The smallest absolute Gasteiger partial charge is 0.260 e. The van der Waals surface area contributed by atoms with Crippen LogP contribution in [0.25, 0.3) is 0 Å². The molecule has 3 rings (SSSR count). The molecule has 0 saturated carbocycles. The molecule has 0 aromatic heterocycles. The highest BCUT2D eigenvalue weighted by Gasteiger charge is 2.33. The summed E-state index contributed by atoms with van der Waals surface area (Å²) in [7, 11) is -3.42. The first-order chi connectivity index (χ1) is 12.5. The fourth-order valence-corrected chi connectivity index (χ4v) is 4.87. The molecule has 1 amide bonds. The molecule has 0 bridgehead atoms. The number of para-hydroxylation sites is 1. The molecule has 1 fully saturated rings. The van der Waals surface area contributed by atoms with Gasteiger partial charge in [-0.05, 0) is 43.5 Å². The lowest BCUT2D eigenvalue weighted by atomic mass is 10.2. The average Bonchev–Trinajstić information content (AvgIpc) is 3.09. The van der Waals surface area contributed by atoms with Crippen LogP contribution >= 0.6 is 0 Å². The quantitative estimate of drug-likeness (QED) is 0.781. The SMILES string of the molecule is Cc1ccccc1OCC(=O)N1CCCC1CS(=O)(=O)c1ccccc1. The predicted octanol–water partition coefficient (Wildman–Crippen LogP) is 2.84. The molecule has 1 heterocycles. The Bertz CT molecular complexity index is 864. The lowest BCUT2D eigenvalue weighted by molar-refractivity contribution is -0.133. The van der Waals surface area contributed by atoms with Gasteiger partial charge in [0.25, 0.3) is 5.91 Å². The van der Waals surface area contributed by atoms with Gasteiger partial charge in [0.15, 0.2) is 16.4 Å². The van der Waals surface area contributed by atoms with Crippen LogP contribution in [-0.4, -0.2) is 44.2 Å². The van der Waals surface area contributed by atoms with Crippen molar-refractivity contribution in [2.75, 3.05) is 18.9 Å². The summed E-state index contributed by atoms with van der Waals surface area (Å²) in [6.45, 7) is 2.42. The number of sulfone groups is 1. The number of rotatable bonds is 6. The van der Waals surface area contributed by atoms with Crippen molar-refractivity contribution >= 4 is 15.7 Å². The molecule has 0 N–H and O–H groups in total. The number of nitrogens with zero attached hydrogens (tertiary/aromatic N) is 1. The van der Waals surface area contributed by atoms with E-state index in [1.807, 2.05) is 31.2 Å². The maximum atomic E-state index is 12.6. The molecule has 2 aromatic rings. The van der Waals surface area contributed by atoms with Crippen LogP contribution in [0.1, 0.15) is 18.4 Å². The van der Waals surface area contributed by atoms with Crippen LogP contribution in [0.2, 0.25) is 0 Å². The van der Waals surface area contributed by atoms with Crippen molar-refractivity contribution in [1.82, 2.24) is 4.90 Å². The monoisotopic (exact) mass is 373 g/mol. The van der Waals surface area contributed by atoms with Gasteiger partial charge in [-0.25, -0.2) is 8.42 Å². The minimum Gasteiger partial charge on any atom is -0.484 e. The van der Waals surface area contributed by atoms with Crippen LogP contribution in [0.3, 0.4) is 0 Å². The van der Waals surface area contributed by atoms with E-state index in [1.165, 1.54) is 0 Å². The zero-order valence-electron chi connectivity index (χ0n) is 14.8.